The van der Waals surface area contributed by atoms with Gasteiger partial charge in [-0.25, -0.2) is 4.79 Å². The fraction of sp³-hybridized carbons (Fsp3) is 0.667. The second kappa shape index (κ2) is 3.80. The number of fused-ring (bicyclic) bond motifs is 1. The first-order valence-electron chi connectivity index (χ1n) is 6.19. The molecule has 2 aliphatic rings. The van der Waals surface area contributed by atoms with E-state index < -0.39 is 0 Å². The Bertz CT molecular complexity index is 530. The molecule has 0 bridgehead atoms. The summed E-state index contributed by atoms with van der Waals surface area (Å²) in [5, 5.41) is 18.9. The van der Waals surface area contributed by atoms with Crippen LogP contribution in [-0.2, 0) is 0 Å². The van der Waals surface area contributed by atoms with Gasteiger partial charge < -0.3 is 15.9 Å². The molecule has 6 nitrogen and oxygen atoms in total. The first-order chi connectivity index (χ1) is 8.62. The summed E-state index contributed by atoms with van der Waals surface area (Å²) in [7, 11) is 0. The molecule has 1 aromatic rings. The molecule has 0 amide bonds. The lowest BCUT2D eigenvalue weighted by molar-refractivity contribution is 0.112. The molecule has 4 N–H and O–H groups in total. The van der Waals surface area contributed by atoms with E-state index in [0.29, 0.717) is 6.42 Å². The van der Waals surface area contributed by atoms with Crippen molar-refractivity contribution in [3.8, 4) is 0 Å². The lowest BCUT2D eigenvalue weighted by Crippen LogP contribution is -2.27. The maximum Gasteiger partial charge on any atom is 0.349 e. The molecule has 1 unspecified atom stereocenters. The van der Waals surface area contributed by atoms with Crippen LogP contribution >= 0.6 is 0 Å². The van der Waals surface area contributed by atoms with Crippen LogP contribution in [0.25, 0.3) is 0 Å². The fourth-order valence-corrected chi connectivity index (χ4v) is 3.58. The van der Waals surface area contributed by atoms with E-state index in [-0.39, 0.29) is 48.0 Å². The number of aliphatic hydroxyl groups excluding tert-OH is 2. The van der Waals surface area contributed by atoms with Gasteiger partial charge in [0.05, 0.1) is 0 Å². The van der Waals surface area contributed by atoms with Gasteiger partial charge in [0.2, 0.25) is 0 Å². The summed E-state index contributed by atoms with van der Waals surface area (Å²) in [5.41, 5.74) is 4.94. The molecule has 2 aliphatic carbocycles. The van der Waals surface area contributed by atoms with Gasteiger partial charge in [0, 0.05) is 30.9 Å². The van der Waals surface area contributed by atoms with Crippen molar-refractivity contribution >= 4 is 5.82 Å². The summed E-state index contributed by atoms with van der Waals surface area (Å²) in [5.74, 6) is 0.557. The van der Waals surface area contributed by atoms with E-state index in [1.54, 1.807) is 16.8 Å². The SMILES string of the molecule is Nc1ccn([C@H]2C[C@H](CO)C3(CO)C[C@@H]23)c(=O)n1. The molecule has 6 heteroatoms. The molecule has 3 rings (SSSR count). The highest BCUT2D eigenvalue weighted by molar-refractivity contribution is 5.24. The van der Waals surface area contributed by atoms with E-state index in [9.17, 15) is 15.0 Å². The third-order valence-electron chi connectivity index (χ3n) is 4.71. The predicted molar refractivity (Wildman–Crippen MR) is 64.8 cm³/mol. The van der Waals surface area contributed by atoms with Crippen molar-refractivity contribution in [1.82, 2.24) is 9.55 Å². The van der Waals surface area contributed by atoms with Gasteiger partial charge in [-0.2, -0.15) is 4.98 Å². The zero-order valence-corrected chi connectivity index (χ0v) is 9.99. The molecule has 1 heterocycles. The zero-order valence-electron chi connectivity index (χ0n) is 9.99. The van der Waals surface area contributed by atoms with E-state index in [0.717, 1.165) is 6.42 Å². The van der Waals surface area contributed by atoms with Crippen LogP contribution in [0.4, 0.5) is 5.82 Å². The average Bonchev–Trinajstić information content (AvgIpc) is 3.01. The molecule has 0 aromatic carbocycles. The van der Waals surface area contributed by atoms with Gasteiger partial charge in [0.25, 0.3) is 0 Å². The summed E-state index contributed by atoms with van der Waals surface area (Å²) in [4.78, 5) is 15.6. The minimum absolute atomic E-state index is 0.0231. The highest BCUT2D eigenvalue weighted by Crippen LogP contribution is 2.69. The van der Waals surface area contributed by atoms with Gasteiger partial charge in [-0.3, -0.25) is 4.57 Å². The predicted octanol–water partition coefficient (Wildman–Crippen LogP) is -0.623. The second-order valence-corrected chi connectivity index (χ2v) is 5.43. The topological polar surface area (TPSA) is 101 Å². The van der Waals surface area contributed by atoms with Crippen LogP contribution in [0.2, 0.25) is 0 Å². The van der Waals surface area contributed by atoms with Crippen LogP contribution < -0.4 is 11.4 Å². The molecular formula is C12H17N3O3. The maximum atomic E-state index is 11.8. The largest absolute Gasteiger partial charge is 0.396 e. The number of nitrogen functional groups attached to an aromatic ring is 1. The molecule has 0 radical (unpaired) electrons. The molecule has 0 saturated heterocycles. The van der Waals surface area contributed by atoms with Crippen LogP contribution in [0.15, 0.2) is 17.1 Å². The standard InChI is InChI=1S/C12H17N3O3/c13-10-1-2-15(11(18)14-10)9-3-7(5-16)12(6-17)4-8(9)12/h1-2,7-9,16-17H,3-6H2,(H2,13,14,18)/t7-,8+,9+,12?/m1/s1. The summed E-state index contributed by atoms with van der Waals surface area (Å²) in [6, 6.07) is 1.63. The van der Waals surface area contributed by atoms with Crippen LogP contribution in [0.5, 0.6) is 0 Å². The summed E-state index contributed by atoms with van der Waals surface area (Å²) < 4.78 is 1.59. The van der Waals surface area contributed by atoms with Crippen LogP contribution in [-0.4, -0.2) is 33.0 Å². The highest BCUT2D eigenvalue weighted by atomic mass is 16.3. The highest BCUT2D eigenvalue weighted by Gasteiger charge is 2.66. The third kappa shape index (κ3) is 1.42. The Hall–Kier alpha value is -1.40. The number of anilines is 1. The Morgan fingerprint density at radius 1 is 1.56 bits per heavy atom. The number of aromatic nitrogens is 2. The normalized spacial score (nSPS) is 37.6. The van der Waals surface area contributed by atoms with Gasteiger partial charge in [-0.1, -0.05) is 0 Å². The molecule has 2 fully saturated rings. The molecule has 0 spiro atoms. The Morgan fingerprint density at radius 2 is 2.33 bits per heavy atom. The Morgan fingerprint density at radius 3 is 2.89 bits per heavy atom. The van der Waals surface area contributed by atoms with E-state index in [1.807, 2.05) is 0 Å². The first-order valence-corrected chi connectivity index (χ1v) is 6.19. The number of rotatable bonds is 3. The van der Waals surface area contributed by atoms with Crippen LogP contribution in [0.1, 0.15) is 18.9 Å². The van der Waals surface area contributed by atoms with Gasteiger partial charge in [-0.15, -0.1) is 0 Å². The van der Waals surface area contributed by atoms with Crippen molar-refractivity contribution < 1.29 is 10.2 Å². The molecular weight excluding hydrogens is 234 g/mol. The number of nitrogens with two attached hydrogens (primary N) is 1. The second-order valence-electron chi connectivity index (χ2n) is 5.43. The number of hydrogen-bond acceptors (Lipinski definition) is 5. The van der Waals surface area contributed by atoms with Crippen LogP contribution in [0.3, 0.4) is 0 Å². The zero-order chi connectivity index (χ0) is 12.9. The summed E-state index contributed by atoms with van der Waals surface area (Å²) in [6.07, 6.45) is 3.25. The smallest absolute Gasteiger partial charge is 0.349 e. The summed E-state index contributed by atoms with van der Waals surface area (Å²) in [6.45, 7) is 0.140. The molecule has 0 aliphatic heterocycles. The summed E-state index contributed by atoms with van der Waals surface area (Å²) >= 11 is 0. The van der Waals surface area contributed by atoms with Gasteiger partial charge in [0.1, 0.15) is 5.82 Å². The number of aliphatic hydroxyl groups is 2. The Labute approximate surface area is 104 Å². The minimum Gasteiger partial charge on any atom is -0.396 e. The van der Waals surface area contributed by atoms with E-state index >= 15 is 0 Å². The first kappa shape index (κ1) is 11.7. The lowest BCUT2D eigenvalue weighted by atomic mass is 9.92. The molecule has 98 valence electrons. The van der Waals surface area contributed by atoms with Crippen LogP contribution in [0, 0.1) is 17.3 Å². The Kier molecular flexibility index (Phi) is 2.46. The minimum atomic E-state index is -0.350. The number of hydrogen-bond donors (Lipinski definition) is 3. The van der Waals surface area contributed by atoms with Gasteiger partial charge >= 0.3 is 5.69 Å². The molecule has 1 aromatic heterocycles. The maximum absolute atomic E-state index is 11.8. The van der Waals surface area contributed by atoms with Crippen molar-refractivity contribution in [3.05, 3.63) is 22.7 Å². The third-order valence-corrected chi connectivity index (χ3v) is 4.71. The van der Waals surface area contributed by atoms with E-state index in [4.69, 9.17) is 5.73 Å². The lowest BCUT2D eigenvalue weighted by Gasteiger charge is -2.19. The molecule has 18 heavy (non-hydrogen) atoms. The van der Waals surface area contributed by atoms with E-state index in [1.165, 1.54) is 0 Å². The molecule has 4 atom stereocenters. The fourth-order valence-electron chi connectivity index (χ4n) is 3.58. The molecule has 2 saturated carbocycles. The van der Waals surface area contributed by atoms with Crippen molar-refractivity contribution in [2.45, 2.75) is 18.9 Å². The number of nitrogens with zero attached hydrogens (tertiary/aromatic N) is 2. The van der Waals surface area contributed by atoms with Crippen molar-refractivity contribution in [2.75, 3.05) is 18.9 Å². The van der Waals surface area contributed by atoms with Gasteiger partial charge in [0.15, 0.2) is 0 Å². The van der Waals surface area contributed by atoms with Crippen molar-refractivity contribution in [3.63, 3.8) is 0 Å². The van der Waals surface area contributed by atoms with Gasteiger partial charge in [-0.05, 0) is 30.7 Å². The quantitative estimate of drug-likeness (QED) is 0.664. The Balaban J connectivity index is 1.94. The monoisotopic (exact) mass is 251 g/mol. The van der Waals surface area contributed by atoms with E-state index in [2.05, 4.69) is 4.98 Å². The average molecular weight is 251 g/mol. The van der Waals surface area contributed by atoms with Crippen molar-refractivity contribution in [2.24, 2.45) is 17.3 Å². The van der Waals surface area contributed by atoms with Crippen molar-refractivity contribution in [1.29, 1.82) is 0 Å².